The number of nitrogens with zero attached hydrogens (tertiary/aromatic N) is 3. The molecule has 3 N–H and O–H groups in total. The maximum Gasteiger partial charge on any atom is 0.573 e. The first-order valence-corrected chi connectivity index (χ1v) is 8.92. The lowest BCUT2D eigenvalue weighted by atomic mass is 9.77. The maximum atomic E-state index is 12.3. The molecule has 28 heavy (non-hydrogen) atoms. The lowest BCUT2D eigenvalue weighted by molar-refractivity contribution is -0.274. The third-order valence-corrected chi connectivity index (χ3v) is 4.84. The van der Waals surface area contributed by atoms with Crippen molar-refractivity contribution in [1.29, 1.82) is 0 Å². The second kappa shape index (κ2) is 6.47. The van der Waals surface area contributed by atoms with E-state index in [0.717, 1.165) is 25.0 Å². The molecule has 2 saturated carbocycles. The molecule has 0 spiro atoms. The van der Waals surface area contributed by atoms with E-state index in [4.69, 9.17) is 0 Å². The summed E-state index contributed by atoms with van der Waals surface area (Å²) in [5.41, 5.74) is 0.541. The average Bonchev–Trinajstić information content (AvgIpc) is 3.37. The number of anilines is 1. The molecule has 0 atom stereocenters. The van der Waals surface area contributed by atoms with E-state index in [9.17, 15) is 23.4 Å². The fourth-order valence-corrected chi connectivity index (χ4v) is 3.43. The summed E-state index contributed by atoms with van der Waals surface area (Å²) in [4.78, 5) is 4.51. The maximum absolute atomic E-state index is 12.3. The minimum atomic E-state index is -4.84. The molecular weight excluding hydrogens is 377 g/mol. The van der Waals surface area contributed by atoms with Gasteiger partial charge in [0.1, 0.15) is 17.2 Å². The molecule has 4 rings (SSSR count). The number of halogens is 3. The van der Waals surface area contributed by atoms with Gasteiger partial charge in [-0.25, -0.2) is 4.98 Å². The van der Waals surface area contributed by atoms with Crippen LogP contribution in [-0.2, 0) is 0 Å². The van der Waals surface area contributed by atoms with Crippen molar-refractivity contribution in [1.82, 2.24) is 15.2 Å². The van der Waals surface area contributed by atoms with E-state index < -0.39 is 23.5 Å². The number of aromatic nitrogens is 3. The van der Waals surface area contributed by atoms with Crippen LogP contribution in [0.3, 0.4) is 0 Å². The van der Waals surface area contributed by atoms with Crippen LogP contribution < -0.4 is 10.1 Å². The standard InChI is InChI=1S/C18H19F3N4O3/c1-17(27)7-10(8-17)22-16-23-14(9-2-3-9)15(24-25-16)12-5-4-11(6-13(12)26)28-18(19,20)21/h4-6,9-10,26-27H,2-3,7-8H2,1H3,(H,22,23,25)/t10-,17+. The highest BCUT2D eigenvalue weighted by molar-refractivity contribution is 5.70. The molecule has 2 aliphatic carbocycles. The van der Waals surface area contributed by atoms with Gasteiger partial charge >= 0.3 is 6.36 Å². The van der Waals surface area contributed by atoms with E-state index in [1.165, 1.54) is 6.07 Å². The quantitative estimate of drug-likeness (QED) is 0.713. The first-order valence-electron chi connectivity index (χ1n) is 8.92. The number of phenols is 1. The van der Waals surface area contributed by atoms with Crippen molar-refractivity contribution in [3.05, 3.63) is 23.9 Å². The Kier molecular flexibility index (Phi) is 4.33. The fraction of sp³-hybridized carbons (Fsp3) is 0.500. The predicted octanol–water partition coefficient (Wildman–Crippen LogP) is 3.35. The van der Waals surface area contributed by atoms with Gasteiger partial charge < -0.3 is 20.3 Å². The Balaban J connectivity index is 1.59. The van der Waals surface area contributed by atoms with Crippen LogP contribution in [0.2, 0.25) is 0 Å². The minimum absolute atomic E-state index is 0.0573. The molecule has 0 unspecified atom stereocenters. The van der Waals surface area contributed by atoms with Crippen molar-refractivity contribution in [3.8, 4) is 22.8 Å². The molecule has 1 heterocycles. The Morgan fingerprint density at radius 2 is 1.93 bits per heavy atom. The number of alkyl halides is 3. The Morgan fingerprint density at radius 3 is 2.50 bits per heavy atom. The summed E-state index contributed by atoms with van der Waals surface area (Å²) in [5, 5.41) is 31.4. The zero-order valence-electron chi connectivity index (χ0n) is 15.0. The number of phenolic OH excluding ortho intramolecular Hbond substituents is 1. The lowest BCUT2D eigenvalue weighted by Gasteiger charge is -2.41. The molecule has 1 aromatic carbocycles. The van der Waals surface area contributed by atoms with E-state index in [-0.39, 0.29) is 17.5 Å². The Hall–Kier alpha value is -2.62. The van der Waals surface area contributed by atoms with Crippen LogP contribution in [0.15, 0.2) is 18.2 Å². The van der Waals surface area contributed by atoms with Gasteiger partial charge in [-0.2, -0.15) is 0 Å². The van der Waals surface area contributed by atoms with Crippen molar-refractivity contribution in [3.63, 3.8) is 0 Å². The topological polar surface area (TPSA) is 100 Å². The molecule has 0 radical (unpaired) electrons. The number of aliphatic hydroxyl groups is 1. The van der Waals surface area contributed by atoms with Gasteiger partial charge in [0.05, 0.1) is 11.3 Å². The molecule has 1 aromatic heterocycles. The number of benzene rings is 1. The fourth-order valence-electron chi connectivity index (χ4n) is 3.43. The van der Waals surface area contributed by atoms with E-state index in [0.29, 0.717) is 30.2 Å². The van der Waals surface area contributed by atoms with Crippen LogP contribution in [-0.4, -0.2) is 43.4 Å². The summed E-state index contributed by atoms with van der Waals surface area (Å²) < 4.78 is 40.9. The number of nitrogens with one attached hydrogen (secondary N) is 1. The first-order chi connectivity index (χ1) is 13.1. The van der Waals surface area contributed by atoms with Crippen molar-refractivity contribution >= 4 is 5.95 Å². The Morgan fingerprint density at radius 1 is 1.21 bits per heavy atom. The number of hydrogen-bond donors (Lipinski definition) is 3. The lowest BCUT2D eigenvalue weighted by Crippen LogP contribution is -2.48. The molecular formula is C18H19F3N4O3. The molecule has 0 aliphatic heterocycles. The summed E-state index contributed by atoms with van der Waals surface area (Å²) in [6.45, 7) is 1.76. The molecule has 0 saturated heterocycles. The molecule has 7 nitrogen and oxygen atoms in total. The zero-order valence-corrected chi connectivity index (χ0v) is 15.0. The Bertz CT molecular complexity index is 892. The van der Waals surface area contributed by atoms with Crippen LogP contribution in [0.5, 0.6) is 11.5 Å². The van der Waals surface area contributed by atoms with Crippen LogP contribution in [0.25, 0.3) is 11.3 Å². The SMILES string of the molecule is C[C@]1(O)C[C@@H](Nc2nnc(-c3ccc(OC(F)(F)F)cc3O)c(C3CC3)n2)C1. The van der Waals surface area contributed by atoms with Crippen molar-refractivity contribution in [2.45, 2.75) is 56.5 Å². The van der Waals surface area contributed by atoms with Gasteiger partial charge in [0, 0.05) is 23.6 Å². The van der Waals surface area contributed by atoms with Gasteiger partial charge in [0.2, 0.25) is 5.95 Å². The normalized spacial score (nSPS) is 24.5. The number of rotatable bonds is 5. The second-order valence-corrected chi connectivity index (χ2v) is 7.62. The number of aromatic hydroxyl groups is 1. The van der Waals surface area contributed by atoms with Gasteiger partial charge in [0.15, 0.2) is 0 Å². The Labute approximate surface area is 158 Å². The van der Waals surface area contributed by atoms with Gasteiger partial charge in [-0.1, -0.05) is 0 Å². The van der Waals surface area contributed by atoms with Crippen LogP contribution in [0.4, 0.5) is 19.1 Å². The predicted molar refractivity (Wildman–Crippen MR) is 92.9 cm³/mol. The zero-order chi connectivity index (χ0) is 20.1. The summed E-state index contributed by atoms with van der Waals surface area (Å²) in [6, 6.07) is 3.37. The molecule has 2 aromatic rings. The summed E-state index contributed by atoms with van der Waals surface area (Å²) in [6.07, 6.45) is -1.84. The molecule has 0 amide bonds. The van der Waals surface area contributed by atoms with Crippen LogP contribution >= 0.6 is 0 Å². The van der Waals surface area contributed by atoms with Crippen LogP contribution in [0, 0.1) is 0 Å². The summed E-state index contributed by atoms with van der Waals surface area (Å²) in [7, 11) is 0. The third kappa shape index (κ3) is 4.11. The highest BCUT2D eigenvalue weighted by Crippen LogP contribution is 2.45. The number of hydrogen-bond acceptors (Lipinski definition) is 7. The highest BCUT2D eigenvalue weighted by atomic mass is 19.4. The van der Waals surface area contributed by atoms with E-state index in [1.54, 1.807) is 6.92 Å². The third-order valence-electron chi connectivity index (χ3n) is 4.84. The molecule has 10 heteroatoms. The smallest absolute Gasteiger partial charge is 0.507 e. The van der Waals surface area contributed by atoms with Crippen molar-refractivity contribution in [2.75, 3.05) is 5.32 Å². The largest absolute Gasteiger partial charge is 0.573 e. The molecule has 2 aliphatic rings. The average molecular weight is 396 g/mol. The molecule has 150 valence electrons. The van der Waals surface area contributed by atoms with Gasteiger partial charge in [-0.05, 0) is 44.7 Å². The van der Waals surface area contributed by atoms with Crippen LogP contribution in [0.1, 0.15) is 44.2 Å². The minimum Gasteiger partial charge on any atom is -0.507 e. The van der Waals surface area contributed by atoms with E-state index >= 15 is 0 Å². The van der Waals surface area contributed by atoms with E-state index in [2.05, 4.69) is 25.2 Å². The molecule has 0 bridgehead atoms. The van der Waals surface area contributed by atoms with Crippen molar-refractivity contribution < 1.29 is 28.1 Å². The highest BCUT2D eigenvalue weighted by Gasteiger charge is 2.39. The first kappa shape index (κ1) is 18.7. The number of ether oxygens (including phenoxy) is 1. The monoisotopic (exact) mass is 396 g/mol. The second-order valence-electron chi connectivity index (χ2n) is 7.62. The van der Waals surface area contributed by atoms with Gasteiger partial charge in [-0.15, -0.1) is 23.4 Å². The van der Waals surface area contributed by atoms with E-state index in [1.807, 2.05) is 0 Å². The van der Waals surface area contributed by atoms with Gasteiger partial charge in [-0.3, -0.25) is 0 Å². The van der Waals surface area contributed by atoms with Crippen molar-refractivity contribution in [2.24, 2.45) is 0 Å². The molecule has 2 fully saturated rings. The van der Waals surface area contributed by atoms with Gasteiger partial charge in [0.25, 0.3) is 0 Å². The summed E-state index contributed by atoms with van der Waals surface area (Å²) >= 11 is 0. The summed E-state index contributed by atoms with van der Waals surface area (Å²) in [5.74, 6) is -0.405.